The van der Waals surface area contributed by atoms with Crippen LogP contribution < -0.4 is 0 Å². The number of rotatable bonds is 7. The lowest BCUT2D eigenvalue weighted by molar-refractivity contribution is -0.138. The van der Waals surface area contributed by atoms with Crippen LogP contribution >= 0.6 is 0 Å². The van der Waals surface area contributed by atoms with Crippen molar-refractivity contribution in [2.24, 2.45) is 5.92 Å². The number of hydrogen-bond acceptors (Lipinski definition) is 6. The van der Waals surface area contributed by atoms with E-state index in [1.807, 2.05) is 38.1 Å². The number of carbonyl (C=O) groups is 1. The molecule has 2 aromatic heterocycles. The Labute approximate surface area is 192 Å². The van der Waals surface area contributed by atoms with Crippen molar-refractivity contribution in [1.82, 2.24) is 14.5 Å². The molecule has 0 bridgehead atoms. The number of fused-ring (bicyclic) bond motifs is 1. The molecule has 0 aliphatic rings. The number of imidazole rings is 1. The highest BCUT2D eigenvalue weighted by Crippen LogP contribution is 2.21. The molecule has 2 N–H and O–H groups in total. The summed E-state index contributed by atoms with van der Waals surface area (Å²) in [7, 11) is 0. The molecule has 33 heavy (non-hydrogen) atoms. The van der Waals surface area contributed by atoms with E-state index in [0.29, 0.717) is 17.0 Å². The Bertz CT molecular complexity index is 1310. The predicted molar refractivity (Wildman–Crippen MR) is 125 cm³/mol. The second-order valence-electron chi connectivity index (χ2n) is 8.11. The number of benzene rings is 1. The zero-order valence-electron chi connectivity index (χ0n) is 19.0. The SMILES string of the molecule is Cc1cc(/C=C(\C#N)C(=O)OC/C(O)=C(\C#N)c2nc3ccccc3[nH]2)c(C)n1CC(C)C. The zero-order chi connectivity index (χ0) is 24.1. The molecular weight excluding hydrogens is 418 g/mol. The average Bonchev–Trinajstić information content (AvgIpc) is 3.32. The van der Waals surface area contributed by atoms with Crippen molar-refractivity contribution in [2.45, 2.75) is 34.2 Å². The third-order valence-corrected chi connectivity index (χ3v) is 5.17. The Balaban J connectivity index is 1.79. The lowest BCUT2D eigenvalue weighted by Gasteiger charge is -2.12. The van der Waals surface area contributed by atoms with Gasteiger partial charge in [-0.05, 0) is 49.6 Å². The van der Waals surface area contributed by atoms with Gasteiger partial charge in [0.15, 0.2) is 11.6 Å². The molecule has 8 nitrogen and oxygen atoms in total. The number of allylic oxidation sites excluding steroid dienone is 1. The van der Waals surface area contributed by atoms with E-state index < -0.39 is 18.3 Å². The molecule has 0 saturated carbocycles. The van der Waals surface area contributed by atoms with Gasteiger partial charge in [-0.3, -0.25) is 0 Å². The number of esters is 1. The number of nitriles is 2. The molecule has 3 aromatic rings. The van der Waals surface area contributed by atoms with Gasteiger partial charge >= 0.3 is 5.97 Å². The first kappa shape index (κ1) is 23.4. The van der Waals surface area contributed by atoms with Crippen LogP contribution in [0.15, 0.2) is 41.7 Å². The fourth-order valence-electron chi connectivity index (χ4n) is 3.52. The third kappa shape index (κ3) is 5.13. The molecular formula is C25H25N5O3. The first-order valence-electron chi connectivity index (χ1n) is 10.5. The summed E-state index contributed by atoms with van der Waals surface area (Å²) in [6.07, 6.45) is 1.48. The van der Waals surface area contributed by atoms with Crippen molar-refractivity contribution in [2.75, 3.05) is 6.61 Å². The van der Waals surface area contributed by atoms with Gasteiger partial charge < -0.3 is 19.4 Å². The Hall–Kier alpha value is -4.30. The van der Waals surface area contributed by atoms with Gasteiger partial charge in [0.25, 0.3) is 0 Å². The monoisotopic (exact) mass is 443 g/mol. The Kier molecular flexibility index (Phi) is 7.00. The maximum Gasteiger partial charge on any atom is 0.349 e. The van der Waals surface area contributed by atoms with Crippen LogP contribution in [-0.4, -0.2) is 32.2 Å². The molecule has 0 aliphatic heterocycles. The van der Waals surface area contributed by atoms with E-state index in [4.69, 9.17) is 4.74 Å². The number of aromatic nitrogens is 3. The number of aromatic amines is 1. The van der Waals surface area contributed by atoms with E-state index in [9.17, 15) is 20.4 Å². The van der Waals surface area contributed by atoms with Gasteiger partial charge in [0.05, 0.1) is 11.0 Å². The minimum absolute atomic E-state index is 0.140. The number of ether oxygens (including phenoxy) is 1. The second-order valence-corrected chi connectivity index (χ2v) is 8.11. The largest absolute Gasteiger partial charge is 0.507 e. The van der Waals surface area contributed by atoms with Crippen LogP contribution in [-0.2, 0) is 16.1 Å². The van der Waals surface area contributed by atoms with Crippen molar-refractivity contribution in [3.8, 4) is 12.1 Å². The molecule has 3 rings (SSSR count). The normalized spacial score (nSPS) is 12.4. The highest BCUT2D eigenvalue weighted by Gasteiger charge is 2.18. The fourth-order valence-corrected chi connectivity index (χ4v) is 3.52. The average molecular weight is 444 g/mol. The van der Waals surface area contributed by atoms with Crippen LogP contribution in [0.4, 0.5) is 0 Å². The molecule has 2 heterocycles. The standard InChI is InChI=1S/C25H25N5O3/c1-15(2)13-30-16(3)9-18(17(30)4)10-19(11-26)25(32)33-14-23(31)20(12-27)24-28-21-7-5-6-8-22(21)29-24/h5-10,15,31H,13-14H2,1-4H3,(H,28,29)/b19-10+,23-20-. The molecule has 0 spiro atoms. The molecule has 1 aromatic carbocycles. The summed E-state index contributed by atoms with van der Waals surface area (Å²) < 4.78 is 7.25. The molecule has 0 fully saturated rings. The highest BCUT2D eigenvalue weighted by atomic mass is 16.5. The van der Waals surface area contributed by atoms with Crippen LogP contribution in [0.25, 0.3) is 22.7 Å². The van der Waals surface area contributed by atoms with Crippen LogP contribution in [0.2, 0.25) is 0 Å². The van der Waals surface area contributed by atoms with Crippen molar-refractivity contribution in [3.05, 3.63) is 64.4 Å². The van der Waals surface area contributed by atoms with Gasteiger partial charge in [-0.1, -0.05) is 26.0 Å². The van der Waals surface area contributed by atoms with Crippen molar-refractivity contribution >= 4 is 28.7 Å². The van der Waals surface area contributed by atoms with Gasteiger partial charge in [0, 0.05) is 17.9 Å². The number of nitrogens with zero attached hydrogens (tertiary/aromatic N) is 4. The number of aliphatic hydroxyl groups is 1. The van der Waals surface area contributed by atoms with Gasteiger partial charge in [0.2, 0.25) is 0 Å². The zero-order valence-corrected chi connectivity index (χ0v) is 19.0. The predicted octanol–water partition coefficient (Wildman–Crippen LogP) is 4.58. The van der Waals surface area contributed by atoms with Crippen molar-refractivity contribution in [3.63, 3.8) is 0 Å². The van der Waals surface area contributed by atoms with Crippen LogP contribution in [0.5, 0.6) is 0 Å². The Morgan fingerprint density at radius 2 is 2.00 bits per heavy atom. The summed E-state index contributed by atoms with van der Waals surface area (Å²) in [6.45, 7) is 8.41. The van der Waals surface area contributed by atoms with E-state index in [2.05, 4.69) is 28.4 Å². The molecule has 168 valence electrons. The molecule has 0 atom stereocenters. The number of carbonyl (C=O) groups excluding carboxylic acids is 1. The number of H-pyrrole nitrogens is 1. The molecule has 0 radical (unpaired) electrons. The van der Waals surface area contributed by atoms with E-state index in [1.165, 1.54) is 6.08 Å². The first-order chi connectivity index (χ1) is 15.7. The smallest absolute Gasteiger partial charge is 0.349 e. The lowest BCUT2D eigenvalue weighted by atomic mass is 10.1. The number of hydrogen-bond donors (Lipinski definition) is 2. The fraction of sp³-hybridized carbons (Fsp3) is 0.280. The number of aryl methyl sites for hydroxylation is 1. The second kappa shape index (κ2) is 9.88. The minimum Gasteiger partial charge on any atom is -0.507 e. The van der Waals surface area contributed by atoms with Gasteiger partial charge in [0.1, 0.15) is 29.9 Å². The summed E-state index contributed by atoms with van der Waals surface area (Å²) in [6, 6.07) is 12.8. The van der Waals surface area contributed by atoms with E-state index in [1.54, 1.807) is 18.2 Å². The quantitative estimate of drug-likeness (QED) is 0.238. The van der Waals surface area contributed by atoms with E-state index in [-0.39, 0.29) is 17.0 Å². The summed E-state index contributed by atoms with van der Waals surface area (Å²) in [5, 5.41) is 29.3. The van der Waals surface area contributed by atoms with Crippen LogP contribution in [0.1, 0.15) is 36.6 Å². The van der Waals surface area contributed by atoms with Gasteiger partial charge in [-0.2, -0.15) is 10.5 Å². The summed E-state index contributed by atoms with van der Waals surface area (Å²) >= 11 is 0. The lowest BCUT2D eigenvalue weighted by Crippen LogP contribution is -2.11. The summed E-state index contributed by atoms with van der Waals surface area (Å²) in [5.41, 5.74) is 3.73. The molecule has 0 saturated heterocycles. The third-order valence-electron chi connectivity index (χ3n) is 5.17. The number of nitrogens with one attached hydrogen (secondary N) is 1. The topological polar surface area (TPSA) is 128 Å². The Morgan fingerprint density at radius 1 is 1.27 bits per heavy atom. The maximum absolute atomic E-state index is 12.5. The van der Waals surface area contributed by atoms with Crippen LogP contribution in [0.3, 0.4) is 0 Å². The van der Waals surface area contributed by atoms with E-state index in [0.717, 1.165) is 23.5 Å². The number of para-hydroxylation sites is 2. The number of aliphatic hydroxyl groups excluding tert-OH is 1. The van der Waals surface area contributed by atoms with Gasteiger partial charge in [-0.15, -0.1) is 0 Å². The van der Waals surface area contributed by atoms with Crippen LogP contribution in [0, 0.1) is 42.4 Å². The minimum atomic E-state index is -0.889. The maximum atomic E-state index is 12.5. The molecule has 0 aliphatic carbocycles. The summed E-state index contributed by atoms with van der Waals surface area (Å²) in [4.78, 5) is 19.7. The van der Waals surface area contributed by atoms with Crippen molar-refractivity contribution in [1.29, 1.82) is 10.5 Å². The molecule has 0 amide bonds. The van der Waals surface area contributed by atoms with E-state index >= 15 is 0 Å². The first-order valence-corrected chi connectivity index (χ1v) is 10.5. The summed E-state index contributed by atoms with van der Waals surface area (Å²) in [5.74, 6) is -0.735. The molecule has 0 unspecified atom stereocenters. The van der Waals surface area contributed by atoms with Crippen molar-refractivity contribution < 1.29 is 14.6 Å². The molecule has 8 heteroatoms. The Morgan fingerprint density at radius 3 is 2.64 bits per heavy atom. The van der Waals surface area contributed by atoms with Gasteiger partial charge in [-0.25, -0.2) is 9.78 Å². The highest BCUT2D eigenvalue weighted by molar-refractivity contribution is 5.98.